The van der Waals surface area contributed by atoms with Gasteiger partial charge in [-0.15, -0.1) is 0 Å². The summed E-state index contributed by atoms with van der Waals surface area (Å²) in [5.74, 6) is 1.29. The normalized spacial score (nSPS) is 10.3. The van der Waals surface area contributed by atoms with Crippen molar-refractivity contribution in [3.8, 4) is 11.5 Å². The highest BCUT2D eigenvalue weighted by Crippen LogP contribution is 2.33. The molecule has 0 radical (unpaired) electrons. The summed E-state index contributed by atoms with van der Waals surface area (Å²) in [6.45, 7) is 6.04. The third-order valence-corrected chi connectivity index (χ3v) is 2.52. The number of methoxy groups -OCH3 is 1. The van der Waals surface area contributed by atoms with Gasteiger partial charge in [0, 0.05) is 5.56 Å². The predicted molar refractivity (Wildman–Crippen MR) is 58.1 cm³/mol. The molecule has 0 aromatic heterocycles. The first-order valence-electron chi connectivity index (χ1n) is 4.97. The topological polar surface area (TPSA) is 29.5 Å². The summed E-state index contributed by atoms with van der Waals surface area (Å²) in [4.78, 5) is 0. The van der Waals surface area contributed by atoms with Crippen molar-refractivity contribution in [2.24, 2.45) is 0 Å². The molecule has 1 rings (SSSR count). The Bertz CT molecular complexity index is 330. The van der Waals surface area contributed by atoms with Gasteiger partial charge in [0.2, 0.25) is 0 Å². The van der Waals surface area contributed by atoms with Crippen LogP contribution in [0.15, 0.2) is 6.07 Å². The summed E-state index contributed by atoms with van der Waals surface area (Å²) in [6.07, 6.45) is 1.93. The molecule has 0 fully saturated rings. The lowest BCUT2D eigenvalue weighted by Gasteiger charge is -2.14. The van der Waals surface area contributed by atoms with E-state index < -0.39 is 0 Å². The molecule has 0 unspecified atom stereocenters. The van der Waals surface area contributed by atoms with Crippen LogP contribution in [0.5, 0.6) is 11.5 Å². The molecule has 2 nitrogen and oxygen atoms in total. The van der Waals surface area contributed by atoms with Crippen LogP contribution in [0.4, 0.5) is 0 Å². The molecule has 1 aromatic rings. The number of benzene rings is 1. The third kappa shape index (κ3) is 1.84. The number of aromatic hydroxyl groups is 1. The average molecular weight is 194 g/mol. The zero-order chi connectivity index (χ0) is 10.7. The number of ether oxygens (including phenoxy) is 1. The monoisotopic (exact) mass is 194 g/mol. The highest BCUT2D eigenvalue weighted by molar-refractivity contribution is 5.52. The van der Waals surface area contributed by atoms with Gasteiger partial charge in [-0.2, -0.15) is 0 Å². The number of aryl methyl sites for hydroxylation is 1. The van der Waals surface area contributed by atoms with Gasteiger partial charge in [0.05, 0.1) is 7.11 Å². The van der Waals surface area contributed by atoms with E-state index in [1.165, 1.54) is 0 Å². The average Bonchev–Trinajstić information content (AvgIpc) is 2.12. The number of hydrogen-bond donors (Lipinski definition) is 1. The minimum atomic E-state index is 0.391. The van der Waals surface area contributed by atoms with E-state index in [2.05, 4.69) is 6.92 Å². The van der Waals surface area contributed by atoms with Crippen LogP contribution in [-0.2, 0) is 6.42 Å². The fraction of sp³-hybridized carbons (Fsp3) is 0.500. The van der Waals surface area contributed by atoms with Gasteiger partial charge in [0.15, 0.2) is 0 Å². The Labute approximate surface area is 85.5 Å². The minimum absolute atomic E-state index is 0.391. The molecule has 0 aliphatic heterocycles. The second kappa shape index (κ2) is 4.36. The highest BCUT2D eigenvalue weighted by atomic mass is 16.5. The zero-order valence-corrected chi connectivity index (χ0v) is 9.35. The van der Waals surface area contributed by atoms with Gasteiger partial charge in [-0.25, -0.2) is 0 Å². The maximum atomic E-state index is 9.77. The molecule has 1 aromatic carbocycles. The fourth-order valence-electron chi connectivity index (χ4n) is 1.86. The standard InChI is InChI=1S/C12H18O2/c1-5-6-10-9(3)12(14-4)8(2)7-11(10)13/h7,13H,5-6H2,1-4H3. The molecule has 0 saturated carbocycles. The Morgan fingerprint density at radius 3 is 2.50 bits per heavy atom. The van der Waals surface area contributed by atoms with Gasteiger partial charge in [-0.1, -0.05) is 13.3 Å². The molecule has 1 N–H and O–H groups in total. The van der Waals surface area contributed by atoms with Crippen LogP contribution in [0, 0.1) is 13.8 Å². The van der Waals surface area contributed by atoms with Gasteiger partial charge in [-0.05, 0) is 37.5 Å². The van der Waals surface area contributed by atoms with Gasteiger partial charge < -0.3 is 9.84 Å². The Morgan fingerprint density at radius 2 is 2.00 bits per heavy atom. The first kappa shape index (κ1) is 10.9. The SMILES string of the molecule is CCCc1c(O)cc(C)c(OC)c1C. The van der Waals surface area contributed by atoms with Crippen molar-refractivity contribution in [1.82, 2.24) is 0 Å². The quantitative estimate of drug-likeness (QED) is 0.801. The Hall–Kier alpha value is -1.18. The molecule has 0 atom stereocenters. The number of phenolic OH excluding ortho intramolecular Hbond substituents is 1. The van der Waals surface area contributed by atoms with Crippen LogP contribution in [0.25, 0.3) is 0 Å². The summed E-state index contributed by atoms with van der Waals surface area (Å²) in [6, 6.07) is 1.77. The molecular weight excluding hydrogens is 176 g/mol. The summed E-state index contributed by atoms with van der Waals surface area (Å²) in [5, 5.41) is 9.77. The van der Waals surface area contributed by atoms with Crippen LogP contribution in [0.3, 0.4) is 0 Å². The smallest absolute Gasteiger partial charge is 0.125 e. The maximum Gasteiger partial charge on any atom is 0.125 e. The van der Waals surface area contributed by atoms with E-state index in [0.717, 1.165) is 35.3 Å². The minimum Gasteiger partial charge on any atom is -0.508 e. The molecule has 14 heavy (non-hydrogen) atoms. The van der Waals surface area contributed by atoms with Gasteiger partial charge >= 0.3 is 0 Å². The number of rotatable bonds is 3. The molecule has 0 saturated heterocycles. The fourth-order valence-corrected chi connectivity index (χ4v) is 1.86. The molecular formula is C12H18O2. The molecule has 78 valence electrons. The van der Waals surface area contributed by atoms with Crippen molar-refractivity contribution in [2.75, 3.05) is 7.11 Å². The van der Waals surface area contributed by atoms with E-state index in [4.69, 9.17) is 4.74 Å². The van der Waals surface area contributed by atoms with Crippen LogP contribution in [-0.4, -0.2) is 12.2 Å². The first-order valence-corrected chi connectivity index (χ1v) is 4.97. The molecule has 0 heterocycles. The van der Waals surface area contributed by atoms with Crippen molar-refractivity contribution in [3.05, 3.63) is 22.8 Å². The Balaban J connectivity index is 3.28. The van der Waals surface area contributed by atoms with E-state index in [1.807, 2.05) is 13.8 Å². The Kier molecular flexibility index (Phi) is 3.39. The summed E-state index contributed by atoms with van der Waals surface area (Å²) < 4.78 is 5.31. The lowest BCUT2D eigenvalue weighted by molar-refractivity contribution is 0.403. The lowest BCUT2D eigenvalue weighted by Crippen LogP contribution is -1.97. The van der Waals surface area contributed by atoms with E-state index in [9.17, 15) is 5.11 Å². The van der Waals surface area contributed by atoms with Crippen molar-refractivity contribution in [3.63, 3.8) is 0 Å². The van der Waals surface area contributed by atoms with Crippen LogP contribution in [0.2, 0.25) is 0 Å². The highest BCUT2D eigenvalue weighted by Gasteiger charge is 2.11. The van der Waals surface area contributed by atoms with Gasteiger partial charge in [0.25, 0.3) is 0 Å². The van der Waals surface area contributed by atoms with Crippen molar-refractivity contribution in [1.29, 1.82) is 0 Å². The predicted octanol–water partition coefficient (Wildman–Crippen LogP) is 2.97. The second-order valence-corrected chi connectivity index (χ2v) is 3.60. The molecule has 0 bridgehead atoms. The van der Waals surface area contributed by atoms with E-state index in [0.29, 0.717) is 5.75 Å². The summed E-state index contributed by atoms with van der Waals surface area (Å²) >= 11 is 0. The van der Waals surface area contributed by atoms with E-state index in [1.54, 1.807) is 13.2 Å². The zero-order valence-electron chi connectivity index (χ0n) is 9.35. The van der Waals surface area contributed by atoms with Crippen LogP contribution < -0.4 is 4.74 Å². The van der Waals surface area contributed by atoms with Crippen LogP contribution in [0.1, 0.15) is 30.0 Å². The van der Waals surface area contributed by atoms with E-state index >= 15 is 0 Å². The van der Waals surface area contributed by atoms with Crippen molar-refractivity contribution < 1.29 is 9.84 Å². The molecule has 2 heteroatoms. The van der Waals surface area contributed by atoms with Gasteiger partial charge in [0.1, 0.15) is 11.5 Å². The summed E-state index contributed by atoms with van der Waals surface area (Å²) in [7, 11) is 1.67. The second-order valence-electron chi connectivity index (χ2n) is 3.60. The van der Waals surface area contributed by atoms with Crippen LogP contribution >= 0.6 is 0 Å². The lowest BCUT2D eigenvalue weighted by atomic mass is 9.99. The van der Waals surface area contributed by atoms with E-state index in [-0.39, 0.29) is 0 Å². The molecule has 0 amide bonds. The van der Waals surface area contributed by atoms with Crippen molar-refractivity contribution >= 4 is 0 Å². The molecule has 0 aliphatic carbocycles. The summed E-state index contributed by atoms with van der Waals surface area (Å²) in [5.41, 5.74) is 3.06. The number of hydrogen-bond acceptors (Lipinski definition) is 2. The molecule has 0 aliphatic rings. The maximum absolute atomic E-state index is 9.77. The van der Waals surface area contributed by atoms with Crippen molar-refractivity contribution in [2.45, 2.75) is 33.6 Å². The Morgan fingerprint density at radius 1 is 1.36 bits per heavy atom. The number of phenols is 1. The van der Waals surface area contributed by atoms with Gasteiger partial charge in [-0.3, -0.25) is 0 Å². The molecule has 0 spiro atoms. The largest absolute Gasteiger partial charge is 0.508 e. The first-order chi connectivity index (χ1) is 6.61. The third-order valence-electron chi connectivity index (χ3n) is 2.52.